The Hall–Kier alpha value is -2.18. The van der Waals surface area contributed by atoms with Crippen molar-refractivity contribution >= 4 is 5.91 Å². The molecule has 1 aromatic carbocycles. The molecule has 0 aliphatic heterocycles. The summed E-state index contributed by atoms with van der Waals surface area (Å²) in [5, 5.41) is 20.4. The van der Waals surface area contributed by atoms with E-state index < -0.39 is 12.7 Å². The van der Waals surface area contributed by atoms with E-state index in [1.54, 1.807) is 10.9 Å². The largest absolute Gasteiger partial charge is 0.394 e. The molecule has 0 saturated carbocycles. The lowest BCUT2D eigenvalue weighted by molar-refractivity contribution is 0.0797. The molecule has 1 heterocycles. The second kappa shape index (κ2) is 6.12. The molecule has 0 radical (unpaired) electrons. The molecular formula is C13H15N3O3. The molecule has 2 rings (SSSR count). The molecule has 1 atom stereocenters. The number of amides is 1. The molecule has 2 aromatic rings. The SMILES string of the molecule is O=C(NCC(O)CO)c1cncn1-c1ccccc1. The van der Waals surface area contributed by atoms with Crippen LogP contribution in [-0.4, -0.2) is 44.9 Å². The maximum atomic E-state index is 12.0. The van der Waals surface area contributed by atoms with E-state index in [9.17, 15) is 9.90 Å². The number of rotatable bonds is 5. The molecule has 0 aliphatic rings. The topological polar surface area (TPSA) is 87.4 Å². The van der Waals surface area contributed by atoms with Crippen LogP contribution in [0, 0.1) is 0 Å². The van der Waals surface area contributed by atoms with Gasteiger partial charge in [0.05, 0.1) is 25.2 Å². The Kier molecular flexibility index (Phi) is 4.27. The summed E-state index contributed by atoms with van der Waals surface area (Å²) in [6.45, 7) is -0.395. The summed E-state index contributed by atoms with van der Waals surface area (Å²) in [6.07, 6.45) is 2.04. The smallest absolute Gasteiger partial charge is 0.270 e. The molecule has 0 aliphatic carbocycles. The number of hydrogen-bond acceptors (Lipinski definition) is 4. The molecule has 0 saturated heterocycles. The summed E-state index contributed by atoms with van der Waals surface area (Å²) in [6, 6.07) is 9.35. The number of imidazole rings is 1. The summed E-state index contributed by atoms with van der Waals surface area (Å²) in [5.74, 6) is -0.353. The Bertz CT molecular complexity index is 539. The highest BCUT2D eigenvalue weighted by Gasteiger charge is 2.13. The third kappa shape index (κ3) is 3.18. The Morgan fingerprint density at radius 2 is 2.11 bits per heavy atom. The molecule has 3 N–H and O–H groups in total. The van der Waals surface area contributed by atoms with E-state index in [0.29, 0.717) is 5.69 Å². The van der Waals surface area contributed by atoms with Crippen LogP contribution in [0.3, 0.4) is 0 Å². The zero-order chi connectivity index (χ0) is 13.7. The van der Waals surface area contributed by atoms with E-state index in [0.717, 1.165) is 5.69 Å². The summed E-state index contributed by atoms with van der Waals surface area (Å²) in [5.41, 5.74) is 1.20. The zero-order valence-electron chi connectivity index (χ0n) is 10.2. The van der Waals surface area contributed by atoms with Gasteiger partial charge < -0.3 is 15.5 Å². The van der Waals surface area contributed by atoms with Crippen molar-refractivity contribution in [3.05, 3.63) is 48.5 Å². The van der Waals surface area contributed by atoms with Gasteiger partial charge in [-0.25, -0.2) is 4.98 Å². The van der Waals surface area contributed by atoms with E-state index in [-0.39, 0.29) is 12.5 Å². The zero-order valence-corrected chi connectivity index (χ0v) is 10.2. The van der Waals surface area contributed by atoms with Gasteiger partial charge >= 0.3 is 0 Å². The van der Waals surface area contributed by atoms with Crippen molar-refractivity contribution in [3.63, 3.8) is 0 Å². The molecule has 100 valence electrons. The number of benzene rings is 1. The van der Waals surface area contributed by atoms with Gasteiger partial charge in [0.25, 0.3) is 5.91 Å². The van der Waals surface area contributed by atoms with Gasteiger partial charge in [-0.1, -0.05) is 18.2 Å². The number of carbonyl (C=O) groups is 1. The van der Waals surface area contributed by atoms with Gasteiger partial charge in [-0.3, -0.25) is 9.36 Å². The predicted octanol–water partition coefficient (Wildman–Crippen LogP) is -0.0447. The third-order valence-corrected chi connectivity index (χ3v) is 2.61. The minimum atomic E-state index is -0.961. The van der Waals surface area contributed by atoms with E-state index in [2.05, 4.69) is 10.3 Å². The third-order valence-electron chi connectivity index (χ3n) is 2.61. The van der Waals surface area contributed by atoms with Crippen LogP contribution in [0.4, 0.5) is 0 Å². The number of para-hydroxylation sites is 1. The van der Waals surface area contributed by atoms with Crippen LogP contribution < -0.4 is 5.32 Å². The number of nitrogens with zero attached hydrogens (tertiary/aromatic N) is 2. The number of carbonyl (C=O) groups excluding carboxylic acids is 1. The molecule has 1 amide bonds. The van der Waals surface area contributed by atoms with Gasteiger partial charge in [0.2, 0.25) is 0 Å². The summed E-state index contributed by atoms with van der Waals surface area (Å²) in [7, 11) is 0. The number of hydrogen-bond donors (Lipinski definition) is 3. The van der Waals surface area contributed by atoms with Gasteiger partial charge in [0.15, 0.2) is 0 Å². The molecule has 1 aromatic heterocycles. The molecule has 0 spiro atoms. The minimum Gasteiger partial charge on any atom is -0.394 e. The van der Waals surface area contributed by atoms with Crippen molar-refractivity contribution in [1.29, 1.82) is 0 Å². The fraction of sp³-hybridized carbons (Fsp3) is 0.231. The molecule has 0 bridgehead atoms. The quantitative estimate of drug-likeness (QED) is 0.704. The molecule has 1 unspecified atom stereocenters. The first-order chi connectivity index (χ1) is 9.22. The molecular weight excluding hydrogens is 246 g/mol. The first kappa shape index (κ1) is 13.3. The van der Waals surface area contributed by atoms with E-state index in [1.807, 2.05) is 30.3 Å². The fourth-order valence-corrected chi connectivity index (χ4v) is 1.62. The van der Waals surface area contributed by atoms with Crippen molar-refractivity contribution in [2.24, 2.45) is 0 Å². The van der Waals surface area contributed by atoms with Gasteiger partial charge in [0.1, 0.15) is 5.69 Å². The average Bonchev–Trinajstić information content (AvgIpc) is 2.94. The lowest BCUT2D eigenvalue weighted by atomic mass is 10.3. The lowest BCUT2D eigenvalue weighted by Crippen LogP contribution is -2.34. The van der Waals surface area contributed by atoms with Crippen LogP contribution in [0.15, 0.2) is 42.9 Å². The summed E-state index contributed by atoms with van der Waals surface area (Å²) < 4.78 is 1.65. The highest BCUT2D eigenvalue weighted by molar-refractivity contribution is 5.93. The average molecular weight is 261 g/mol. The highest BCUT2D eigenvalue weighted by Crippen LogP contribution is 2.10. The van der Waals surface area contributed by atoms with Crippen molar-refractivity contribution in [1.82, 2.24) is 14.9 Å². The van der Waals surface area contributed by atoms with E-state index in [4.69, 9.17) is 5.11 Å². The van der Waals surface area contributed by atoms with Crippen molar-refractivity contribution in [3.8, 4) is 5.69 Å². The maximum Gasteiger partial charge on any atom is 0.270 e. The van der Waals surface area contributed by atoms with E-state index >= 15 is 0 Å². The van der Waals surface area contributed by atoms with Crippen molar-refractivity contribution in [2.45, 2.75) is 6.10 Å². The number of aromatic nitrogens is 2. The molecule has 6 heteroatoms. The predicted molar refractivity (Wildman–Crippen MR) is 69.0 cm³/mol. The van der Waals surface area contributed by atoms with Gasteiger partial charge in [-0.15, -0.1) is 0 Å². The molecule has 0 fully saturated rings. The van der Waals surface area contributed by atoms with Gasteiger partial charge in [0, 0.05) is 12.2 Å². The van der Waals surface area contributed by atoms with Crippen LogP contribution in [0.5, 0.6) is 0 Å². The standard InChI is InChI=1S/C13H15N3O3/c17-8-11(18)6-15-13(19)12-7-14-9-16(12)10-4-2-1-3-5-10/h1-5,7,9,11,17-18H,6,8H2,(H,15,19). The molecule has 19 heavy (non-hydrogen) atoms. The minimum absolute atomic E-state index is 0.00466. The van der Waals surface area contributed by atoms with Crippen LogP contribution >= 0.6 is 0 Å². The van der Waals surface area contributed by atoms with Gasteiger partial charge in [-0.2, -0.15) is 0 Å². The second-order valence-electron chi connectivity index (χ2n) is 4.03. The van der Waals surface area contributed by atoms with Crippen molar-refractivity contribution in [2.75, 3.05) is 13.2 Å². The first-order valence-corrected chi connectivity index (χ1v) is 5.87. The first-order valence-electron chi connectivity index (χ1n) is 5.87. The van der Waals surface area contributed by atoms with Crippen LogP contribution in [0.2, 0.25) is 0 Å². The van der Waals surface area contributed by atoms with E-state index in [1.165, 1.54) is 6.20 Å². The monoisotopic (exact) mass is 261 g/mol. The fourth-order valence-electron chi connectivity index (χ4n) is 1.62. The Morgan fingerprint density at radius 1 is 1.37 bits per heavy atom. The summed E-state index contributed by atoms with van der Waals surface area (Å²) in [4.78, 5) is 15.9. The second-order valence-corrected chi connectivity index (χ2v) is 4.03. The normalized spacial score (nSPS) is 12.1. The van der Waals surface area contributed by atoms with Gasteiger partial charge in [-0.05, 0) is 12.1 Å². The Balaban J connectivity index is 2.14. The highest BCUT2D eigenvalue weighted by atomic mass is 16.3. The van der Waals surface area contributed by atoms with Crippen LogP contribution in [0.1, 0.15) is 10.5 Å². The van der Waals surface area contributed by atoms with Crippen molar-refractivity contribution < 1.29 is 15.0 Å². The Morgan fingerprint density at radius 3 is 2.79 bits per heavy atom. The number of nitrogens with one attached hydrogen (secondary N) is 1. The maximum absolute atomic E-state index is 12.0. The number of aliphatic hydroxyl groups excluding tert-OH is 2. The molecule has 6 nitrogen and oxygen atoms in total. The van der Waals surface area contributed by atoms with Crippen LogP contribution in [0.25, 0.3) is 5.69 Å². The Labute approximate surface area is 110 Å². The number of aliphatic hydroxyl groups is 2. The van der Waals surface area contributed by atoms with Crippen LogP contribution in [-0.2, 0) is 0 Å². The lowest BCUT2D eigenvalue weighted by Gasteiger charge is -2.10. The summed E-state index contributed by atoms with van der Waals surface area (Å²) >= 11 is 0.